The Bertz CT molecular complexity index is 1280. The van der Waals surface area contributed by atoms with Gasteiger partial charge in [0.05, 0.1) is 10.4 Å². The van der Waals surface area contributed by atoms with Crippen molar-refractivity contribution >= 4 is 34.8 Å². The quantitative estimate of drug-likeness (QED) is 0.512. The second-order valence-corrected chi connectivity index (χ2v) is 8.92. The van der Waals surface area contributed by atoms with Gasteiger partial charge in [0.25, 0.3) is 0 Å². The summed E-state index contributed by atoms with van der Waals surface area (Å²) in [6.45, 7) is 3.65. The topological polar surface area (TPSA) is 76.7 Å². The van der Waals surface area contributed by atoms with Gasteiger partial charge in [-0.3, -0.25) is 9.59 Å². The third-order valence-electron chi connectivity index (χ3n) is 6.18. The van der Waals surface area contributed by atoms with Crippen molar-refractivity contribution in [3.63, 3.8) is 0 Å². The van der Waals surface area contributed by atoms with Crippen LogP contribution in [0.1, 0.15) is 30.9 Å². The Hall–Kier alpha value is -3.51. The maximum atomic E-state index is 13.3. The number of carbonyl (C=O) groups excluding carboxylic acids is 2. The van der Waals surface area contributed by atoms with E-state index in [0.717, 1.165) is 35.1 Å². The standard InChI is InChI=1S/C26H23ClN2O4/c1-15-3-5-18(12-21(15)20-7-6-19(13-22(20)27)28-16(2)30)29-25(31)26(9-10-26)17-4-8-23-24(11-17)33-14-32-23/h3-8,11-13H,9-10,14H2,1-2H3,(H,28,30)(H,29,31). The molecule has 3 aromatic rings. The van der Waals surface area contributed by atoms with E-state index in [1.165, 1.54) is 6.92 Å². The van der Waals surface area contributed by atoms with Gasteiger partial charge in [0.15, 0.2) is 11.5 Å². The summed E-state index contributed by atoms with van der Waals surface area (Å²) >= 11 is 6.53. The highest BCUT2D eigenvalue weighted by Crippen LogP contribution is 2.51. The minimum atomic E-state index is -0.552. The number of carbonyl (C=O) groups is 2. The van der Waals surface area contributed by atoms with Crippen LogP contribution >= 0.6 is 11.6 Å². The lowest BCUT2D eigenvalue weighted by molar-refractivity contribution is -0.118. The number of fused-ring (bicyclic) bond motifs is 1. The molecule has 0 saturated heterocycles. The van der Waals surface area contributed by atoms with Crippen molar-refractivity contribution in [1.29, 1.82) is 0 Å². The van der Waals surface area contributed by atoms with Crippen LogP contribution in [0.5, 0.6) is 11.5 Å². The van der Waals surface area contributed by atoms with E-state index in [0.29, 0.717) is 27.9 Å². The summed E-state index contributed by atoms with van der Waals surface area (Å²) in [7, 11) is 0. The molecule has 7 heteroatoms. The van der Waals surface area contributed by atoms with Crippen LogP contribution in [0.25, 0.3) is 11.1 Å². The van der Waals surface area contributed by atoms with Gasteiger partial charge in [0, 0.05) is 23.9 Å². The van der Waals surface area contributed by atoms with Gasteiger partial charge in [-0.15, -0.1) is 0 Å². The summed E-state index contributed by atoms with van der Waals surface area (Å²) in [5, 5.41) is 6.35. The number of ether oxygens (including phenoxy) is 2. The van der Waals surface area contributed by atoms with Crippen molar-refractivity contribution in [3.05, 3.63) is 70.7 Å². The maximum Gasteiger partial charge on any atom is 0.235 e. The number of hydrogen-bond donors (Lipinski definition) is 2. The molecule has 1 aliphatic carbocycles. The first-order valence-corrected chi connectivity index (χ1v) is 11.1. The third-order valence-corrected chi connectivity index (χ3v) is 6.50. The highest BCUT2D eigenvalue weighted by Gasteiger charge is 2.51. The lowest BCUT2D eigenvalue weighted by atomic mass is 9.94. The number of hydrogen-bond acceptors (Lipinski definition) is 4. The number of rotatable bonds is 5. The zero-order valence-corrected chi connectivity index (χ0v) is 19.1. The second kappa shape index (κ2) is 8.12. The van der Waals surface area contributed by atoms with E-state index < -0.39 is 5.41 Å². The average Bonchev–Trinajstić information content (AvgIpc) is 3.46. The molecule has 168 valence electrons. The van der Waals surface area contributed by atoms with Crippen molar-refractivity contribution < 1.29 is 19.1 Å². The summed E-state index contributed by atoms with van der Waals surface area (Å²) in [6.07, 6.45) is 1.57. The van der Waals surface area contributed by atoms with Gasteiger partial charge in [-0.05, 0) is 72.9 Å². The number of anilines is 2. The Balaban J connectivity index is 1.40. The van der Waals surface area contributed by atoms with Crippen LogP contribution in [0.15, 0.2) is 54.6 Å². The van der Waals surface area contributed by atoms with Crippen molar-refractivity contribution in [2.24, 2.45) is 0 Å². The molecule has 1 aliphatic heterocycles. The Kier molecular flexibility index (Phi) is 5.25. The SMILES string of the molecule is CC(=O)Nc1ccc(-c2cc(NC(=O)C3(c4ccc5c(c4)OCO5)CC3)ccc2C)c(Cl)c1. The fourth-order valence-electron chi connectivity index (χ4n) is 4.22. The first-order chi connectivity index (χ1) is 15.9. The van der Waals surface area contributed by atoms with Gasteiger partial charge in [-0.1, -0.05) is 29.8 Å². The highest BCUT2D eigenvalue weighted by molar-refractivity contribution is 6.33. The number of benzene rings is 3. The Morgan fingerprint density at radius 3 is 2.33 bits per heavy atom. The number of amides is 2. The maximum absolute atomic E-state index is 13.3. The summed E-state index contributed by atoms with van der Waals surface area (Å²) in [5.74, 6) is 1.19. The van der Waals surface area contributed by atoms with Crippen LogP contribution in [0, 0.1) is 6.92 Å². The Morgan fingerprint density at radius 1 is 0.879 bits per heavy atom. The van der Waals surface area contributed by atoms with Crippen LogP contribution in [0.4, 0.5) is 11.4 Å². The Morgan fingerprint density at radius 2 is 1.61 bits per heavy atom. The molecule has 3 aromatic carbocycles. The third kappa shape index (κ3) is 4.02. The van der Waals surface area contributed by atoms with Gasteiger partial charge in [-0.25, -0.2) is 0 Å². The zero-order valence-electron chi connectivity index (χ0n) is 18.3. The van der Waals surface area contributed by atoms with E-state index in [1.807, 2.05) is 55.5 Å². The fourth-order valence-corrected chi connectivity index (χ4v) is 4.50. The smallest absolute Gasteiger partial charge is 0.235 e. The predicted octanol–water partition coefficient (Wildman–Crippen LogP) is 5.67. The molecule has 1 heterocycles. The molecule has 0 aromatic heterocycles. The molecule has 2 amide bonds. The number of halogens is 1. The lowest BCUT2D eigenvalue weighted by Crippen LogP contribution is -2.27. The molecule has 0 unspecified atom stereocenters. The Labute approximate surface area is 196 Å². The van der Waals surface area contributed by atoms with Crippen LogP contribution < -0.4 is 20.1 Å². The van der Waals surface area contributed by atoms with Gasteiger partial charge in [0.1, 0.15) is 0 Å². The largest absolute Gasteiger partial charge is 0.454 e. The molecule has 33 heavy (non-hydrogen) atoms. The zero-order chi connectivity index (χ0) is 23.2. The fraction of sp³-hybridized carbons (Fsp3) is 0.231. The summed E-state index contributed by atoms with van der Waals surface area (Å²) in [4.78, 5) is 24.6. The van der Waals surface area contributed by atoms with Crippen LogP contribution in [0.2, 0.25) is 5.02 Å². The molecule has 0 spiro atoms. The molecular formula is C26H23ClN2O4. The molecule has 0 radical (unpaired) electrons. The molecule has 0 bridgehead atoms. The van der Waals surface area contributed by atoms with Crippen molar-refractivity contribution in [2.45, 2.75) is 32.1 Å². The van der Waals surface area contributed by atoms with Crippen molar-refractivity contribution in [1.82, 2.24) is 0 Å². The molecule has 2 N–H and O–H groups in total. The second-order valence-electron chi connectivity index (χ2n) is 8.51. The van der Waals surface area contributed by atoms with E-state index in [1.54, 1.807) is 6.07 Å². The monoisotopic (exact) mass is 462 g/mol. The summed E-state index contributed by atoms with van der Waals surface area (Å²) < 4.78 is 10.9. The van der Waals surface area contributed by atoms with Crippen LogP contribution in [0.3, 0.4) is 0 Å². The molecule has 1 saturated carbocycles. The van der Waals surface area contributed by atoms with E-state index in [9.17, 15) is 9.59 Å². The first-order valence-electron chi connectivity index (χ1n) is 10.8. The number of aryl methyl sites for hydroxylation is 1. The summed E-state index contributed by atoms with van der Waals surface area (Å²) in [6, 6.07) is 16.9. The minimum absolute atomic E-state index is 0.0386. The van der Waals surface area contributed by atoms with Gasteiger partial charge < -0.3 is 20.1 Å². The highest BCUT2D eigenvalue weighted by atomic mass is 35.5. The van der Waals surface area contributed by atoms with E-state index in [4.69, 9.17) is 21.1 Å². The van der Waals surface area contributed by atoms with Gasteiger partial charge in [0.2, 0.25) is 18.6 Å². The average molecular weight is 463 g/mol. The number of nitrogens with one attached hydrogen (secondary N) is 2. The first kappa shape index (κ1) is 21.3. The van der Waals surface area contributed by atoms with Crippen LogP contribution in [-0.4, -0.2) is 18.6 Å². The normalized spacial score (nSPS) is 15.1. The summed E-state index contributed by atoms with van der Waals surface area (Å²) in [5.41, 5.74) is 4.50. The van der Waals surface area contributed by atoms with E-state index in [2.05, 4.69) is 10.6 Å². The molecule has 5 rings (SSSR count). The molecule has 1 fully saturated rings. The minimum Gasteiger partial charge on any atom is -0.454 e. The van der Waals surface area contributed by atoms with Gasteiger partial charge in [-0.2, -0.15) is 0 Å². The van der Waals surface area contributed by atoms with E-state index in [-0.39, 0.29) is 18.6 Å². The molecule has 2 aliphatic rings. The van der Waals surface area contributed by atoms with Crippen LogP contribution in [-0.2, 0) is 15.0 Å². The van der Waals surface area contributed by atoms with Crippen molar-refractivity contribution in [3.8, 4) is 22.6 Å². The van der Waals surface area contributed by atoms with E-state index >= 15 is 0 Å². The van der Waals surface area contributed by atoms with Gasteiger partial charge >= 0.3 is 0 Å². The predicted molar refractivity (Wildman–Crippen MR) is 128 cm³/mol. The molecule has 0 atom stereocenters. The molecular weight excluding hydrogens is 440 g/mol. The molecule has 6 nitrogen and oxygen atoms in total. The lowest BCUT2D eigenvalue weighted by Gasteiger charge is -2.18. The van der Waals surface area contributed by atoms with Crippen molar-refractivity contribution in [2.75, 3.05) is 17.4 Å².